The lowest BCUT2D eigenvalue weighted by Gasteiger charge is -2.16. The van der Waals surface area contributed by atoms with E-state index in [1.165, 1.54) is 16.8 Å². The van der Waals surface area contributed by atoms with E-state index in [0.717, 1.165) is 18.4 Å². The van der Waals surface area contributed by atoms with E-state index in [9.17, 15) is 14.0 Å². The number of nitrogens with zero attached hydrogens (tertiary/aromatic N) is 3. The summed E-state index contributed by atoms with van der Waals surface area (Å²) in [5.41, 5.74) is 1.76. The number of aromatic nitrogens is 2. The van der Waals surface area contributed by atoms with E-state index >= 15 is 0 Å². The first kappa shape index (κ1) is 15.8. The molecule has 2 fully saturated rings. The van der Waals surface area contributed by atoms with Gasteiger partial charge in [-0.05, 0) is 43.2 Å². The van der Waals surface area contributed by atoms with E-state index < -0.39 is 0 Å². The van der Waals surface area contributed by atoms with Crippen molar-refractivity contribution in [1.29, 1.82) is 0 Å². The Morgan fingerprint density at radius 1 is 1.28 bits per heavy atom. The molecule has 25 heavy (non-hydrogen) atoms. The average molecular weight is 342 g/mol. The van der Waals surface area contributed by atoms with Crippen LogP contribution in [0.25, 0.3) is 11.3 Å². The molecule has 1 aliphatic carbocycles. The second kappa shape index (κ2) is 5.98. The number of carbonyl (C=O) groups excluding carboxylic acids is 2. The summed E-state index contributed by atoms with van der Waals surface area (Å²) in [5, 5.41) is 7.26. The topological polar surface area (TPSA) is 67.2 Å². The highest BCUT2D eigenvalue weighted by atomic mass is 19.1. The van der Waals surface area contributed by atoms with Crippen molar-refractivity contribution in [2.45, 2.75) is 31.3 Å². The minimum atomic E-state index is -0.316. The van der Waals surface area contributed by atoms with Crippen LogP contribution in [0.15, 0.2) is 30.3 Å². The molecular weight excluding hydrogens is 323 g/mol. The SMILES string of the molecule is Cn1nc(-c2ccc(F)cc2)cc1C(=O)N[C@@H]1CC(=O)N(C2CC2)C1. The molecule has 1 N–H and O–H groups in total. The number of carbonyl (C=O) groups is 2. The van der Waals surface area contributed by atoms with Crippen molar-refractivity contribution in [3.05, 3.63) is 41.8 Å². The highest BCUT2D eigenvalue weighted by Crippen LogP contribution is 2.30. The van der Waals surface area contributed by atoms with Crippen LogP contribution in [-0.4, -0.2) is 45.1 Å². The van der Waals surface area contributed by atoms with Crippen LogP contribution in [0.4, 0.5) is 4.39 Å². The minimum absolute atomic E-state index is 0.116. The van der Waals surface area contributed by atoms with E-state index in [2.05, 4.69) is 10.4 Å². The molecular formula is C18H19FN4O2. The Morgan fingerprint density at radius 2 is 2.00 bits per heavy atom. The summed E-state index contributed by atoms with van der Waals surface area (Å²) in [7, 11) is 1.69. The van der Waals surface area contributed by atoms with Crippen LogP contribution in [-0.2, 0) is 11.8 Å². The molecule has 130 valence electrons. The van der Waals surface area contributed by atoms with Gasteiger partial charge in [0.1, 0.15) is 11.5 Å². The summed E-state index contributed by atoms with van der Waals surface area (Å²) >= 11 is 0. The van der Waals surface area contributed by atoms with Crippen molar-refractivity contribution in [3.63, 3.8) is 0 Å². The van der Waals surface area contributed by atoms with E-state index in [0.29, 0.717) is 30.4 Å². The number of rotatable bonds is 4. The quantitative estimate of drug-likeness (QED) is 0.920. The van der Waals surface area contributed by atoms with Gasteiger partial charge in [0.2, 0.25) is 5.91 Å². The average Bonchev–Trinajstić information content (AvgIpc) is 3.25. The van der Waals surface area contributed by atoms with Crippen LogP contribution in [0.5, 0.6) is 0 Å². The molecule has 6 nitrogen and oxygen atoms in total. The van der Waals surface area contributed by atoms with Gasteiger partial charge in [0.25, 0.3) is 5.91 Å². The Balaban J connectivity index is 1.47. The molecule has 1 aromatic heterocycles. The fourth-order valence-electron chi connectivity index (χ4n) is 3.27. The predicted molar refractivity (Wildman–Crippen MR) is 89.2 cm³/mol. The van der Waals surface area contributed by atoms with Gasteiger partial charge in [0.15, 0.2) is 0 Å². The van der Waals surface area contributed by atoms with E-state index in [1.54, 1.807) is 25.2 Å². The highest BCUT2D eigenvalue weighted by Gasteiger charge is 2.39. The number of amides is 2. The second-order valence-corrected chi connectivity index (χ2v) is 6.70. The molecule has 7 heteroatoms. The molecule has 0 unspecified atom stereocenters. The van der Waals surface area contributed by atoms with Crippen molar-refractivity contribution in [2.24, 2.45) is 7.05 Å². The Hall–Kier alpha value is -2.70. The van der Waals surface area contributed by atoms with Crippen molar-refractivity contribution < 1.29 is 14.0 Å². The summed E-state index contributed by atoms with van der Waals surface area (Å²) in [4.78, 5) is 26.4. The lowest BCUT2D eigenvalue weighted by Crippen LogP contribution is -2.38. The zero-order valence-corrected chi connectivity index (χ0v) is 13.9. The normalized spacial score (nSPS) is 20.2. The lowest BCUT2D eigenvalue weighted by molar-refractivity contribution is -0.128. The molecule has 0 spiro atoms. The molecule has 2 aromatic rings. The van der Waals surface area contributed by atoms with E-state index in [-0.39, 0.29) is 23.7 Å². The maximum atomic E-state index is 13.0. The number of hydrogen-bond acceptors (Lipinski definition) is 3. The number of nitrogens with one attached hydrogen (secondary N) is 1. The molecule has 1 aliphatic heterocycles. The van der Waals surface area contributed by atoms with Crippen LogP contribution in [0.2, 0.25) is 0 Å². The summed E-state index contributed by atoms with van der Waals surface area (Å²) in [6, 6.07) is 7.87. The van der Waals surface area contributed by atoms with Gasteiger partial charge in [0, 0.05) is 31.6 Å². The van der Waals surface area contributed by atoms with E-state index in [1.807, 2.05) is 4.90 Å². The van der Waals surface area contributed by atoms with Crippen molar-refractivity contribution in [2.75, 3.05) is 6.54 Å². The smallest absolute Gasteiger partial charge is 0.269 e. The molecule has 0 radical (unpaired) electrons. The lowest BCUT2D eigenvalue weighted by atomic mass is 10.1. The molecule has 2 aliphatic rings. The molecule has 0 bridgehead atoms. The Morgan fingerprint density at radius 3 is 2.68 bits per heavy atom. The first-order valence-corrected chi connectivity index (χ1v) is 8.41. The van der Waals surface area contributed by atoms with Gasteiger partial charge in [0.05, 0.1) is 11.7 Å². The molecule has 2 heterocycles. The third-order valence-electron chi connectivity index (χ3n) is 4.73. The standard InChI is InChI=1S/C18H19FN4O2/c1-22-16(9-15(21-22)11-2-4-12(19)5-3-11)18(25)20-13-8-17(24)23(10-13)14-6-7-14/h2-5,9,13-14H,6-8,10H2,1H3,(H,20,25)/t13-/m1/s1. The minimum Gasteiger partial charge on any atom is -0.346 e. The summed E-state index contributed by atoms with van der Waals surface area (Å²) in [6.45, 7) is 0.581. The fraction of sp³-hybridized carbons (Fsp3) is 0.389. The van der Waals surface area contributed by atoms with Crippen LogP contribution in [0.1, 0.15) is 29.8 Å². The van der Waals surface area contributed by atoms with Gasteiger partial charge in [-0.2, -0.15) is 5.10 Å². The number of benzene rings is 1. The third kappa shape index (κ3) is 3.14. The maximum absolute atomic E-state index is 13.0. The summed E-state index contributed by atoms with van der Waals surface area (Å²) < 4.78 is 14.5. The van der Waals surface area contributed by atoms with Gasteiger partial charge >= 0.3 is 0 Å². The number of aryl methyl sites for hydroxylation is 1. The molecule has 1 aromatic carbocycles. The van der Waals surface area contributed by atoms with Crippen molar-refractivity contribution in [1.82, 2.24) is 20.0 Å². The molecule has 1 saturated heterocycles. The molecule has 4 rings (SSSR count). The number of halogens is 1. The number of hydrogen-bond donors (Lipinski definition) is 1. The largest absolute Gasteiger partial charge is 0.346 e. The first-order valence-electron chi connectivity index (χ1n) is 8.41. The van der Waals surface area contributed by atoms with Gasteiger partial charge in [-0.15, -0.1) is 0 Å². The van der Waals surface area contributed by atoms with Crippen LogP contribution in [0, 0.1) is 5.82 Å². The Labute approximate surface area is 144 Å². The van der Waals surface area contributed by atoms with Crippen molar-refractivity contribution >= 4 is 11.8 Å². The maximum Gasteiger partial charge on any atom is 0.269 e. The molecule has 1 saturated carbocycles. The van der Waals surface area contributed by atoms with Gasteiger partial charge in [-0.3, -0.25) is 14.3 Å². The predicted octanol–water partition coefficient (Wildman–Crippen LogP) is 1.72. The zero-order valence-electron chi connectivity index (χ0n) is 13.9. The van der Waals surface area contributed by atoms with Gasteiger partial charge in [-0.25, -0.2) is 4.39 Å². The van der Waals surface area contributed by atoms with Crippen LogP contribution >= 0.6 is 0 Å². The van der Waals surface area contributed by atoms with Gasteiger partial charge < -0.3 is 10.2 Å². The van der Waals surface area contributed by atoms with Crippen LogP contribution in [0.3, 0.4) is 0 Å². The molecule has 1 atom stereocenters. The van der Waals surface area contributed by atoms with Crippen molar-refractivity contribution in [3.8, 4) is 11.3 Å². The highest BCUT2D eigenvalue weighted by molar-refractivity contribution is 5.94. The van der Waals surface area contributed by atoms with Crippen LogP contribution < -0.4 is 5.32 Å². The third-order valence-corrected chi connectivity index (χ3v) is 4.73. The van der Waals surface area contributed by atoms with Gasteiger partial charge in [-0.1, -0.05) is 0 Å². The number of likely N-dealkylation sites (tertiary alicyclic amines) is 1. The summed E-state index contributed by atoms with van der Waals surface area (Å²) in [5.74, 6) is -0.451. The first-order chi connectivity index (χ1) is 12.0. The van der Waals surface area contributed by atoms with E-state index in [4.69, 9.17) is 0 Å². The Kier molecular flexibility index (Phi) is 3.78. The second-order valence-electron chi connectivity index (χ2n) is 6.70. The zero-order chi connectivity index (χ0) is 17.6. The fourth-order valence-corrected chi connectivity index (χ4v) is 3.27. The monoisotopic (exact) mass is 342 g/mol. The summed E-state index contributed by atoms with van der Waals surface area (Å²) in [6.07, 6.45) is 2.48. The Bertz CT molecular complexity index is 826. The molecule has 2 amide bonds.